The van der Waals surface area contributed by atoms with E-state index >= 15 is 0 Å². The van der Waals surface area contributed by atoms with E-state index in [0.717, 1.165) is 6.42 Å². The molecule has 190 valence electrons. The number of hydrogen-bond acceptors (Lipinski definition) is 0. The molecule has 10 rings (SSSR count). The Morgan fingerprint density at radius 3 is 2.00 bits per heavy atom. The summed E-state index contributed by atoms with van der Waals surface area (Å²) in [7, 11) is 0. The van der Waals surface area contributed by atoms with Crippen molar-refractivity contribution in [3.63, 3.8) is 0 Å². The molecule has 0 aliphatic carbocycles. The van der Waals surface area contributed by atoms with Gasteiger partial charge in [0.15, 0.2) is 0 Å². The molecule has 6 aromatic carbocycles. The van der Waals surface area contributed by atoms with Gasteiger partial charge in [-0.25, -0.2) is 0 Å². The first-order chi connectivity index (χ1) is 20.3. The van der Waals surface area contributed by atoms with E-state index in [2.05, 4.69) is 139 Å². The van der Waals surface area contributed by atoms with Gasteiger partial charge in [-0.05, 0) is 75.3 Å². The van der Waals surface area contributed by atoms with Crippen molar-refractivity contribution in [3.05, 3.63) is 166 Å². The summed E-state index contributed by atoms with van der Waals surface area (Å²) >= 11 is 0. The highest BCUT2D eigenvalue weighted by Gasteiger charge is 2.52. The second-order valence-electron chi connectivity index (χ2n) is 12.0. The molecule has 0 radical (unpaired) electrons. The highest BCUT2D eigenvalue weighted by Crippen LogP contribution is 2.49. The predicted octanol–water partition coefficient (Wildman–Crippen LogP) is 6.52. The average Bonchev–Trinajstić information content (AvgIpc) is 3.38. The van der Waals surface area contributed by atoms with Crippen molar-refractivity contribution in [2.75, 3.05) is 0 Å². The summed E-state index contributed by atoms with van der Waals surface area (Å²) in [6, 6.07) is 48.3. The van der Waals surface area contributed by atoms with Crippen LogP contribution in [0.15, 0.2) is 127 Å². The van der Waals surface area contributed by atoms with Crippen LogP contribution in [-0.2, 0) is 11.8 Å². The van der Waals surface area contributed by atoms with Crippen LogP contribution in [0, 0.1) is 6.92 Å². The molecule has 0 bridgehead atoms. The van der Waals surface area contributed by atoms with E-state index in [9.17, 15) is 0 Å². The first-order valence-corrected chi connectivity index (χ1v) is 14.7. The van der Waals surface area contributed by atoms with Crippen LogP contribution in [0.2, 0.25) is 0 Å². The van der Waals surface area contributed by atoms with Gasteiger partial charge < -0.3 is 4.57 Å². The van der Waals surface area contributed by atoms with E-state index in [4.69, 9.17) is 0 Å². The van der Waals surface area contributed by atoms with Gasteiger partial charge in [0.05, 0.1) is 10.9 Å². The Morgan fingerprint density at radius 1 is 0.585 bits per heavy atom. The second kappa shape index (κ2) is 7.47. The van der Waals surface area contributed by atoms with E-state index in [-0.39, 0.29) is 6.71 Å². The maximum Gasteiger partial charge on any atom is 0.248 e. The van der Waals surface area contributed by atoms with Gasteiger partial charge in [0.2, 0.25) is 6.71 Å². The molecule has 4 heterocycles. The normalized spacial score (nSPS) is 15.0. The smallest absolute Gasteiger partial charge is 0.248 e. The summed E-state index contributed by atoms with van der Waals surface area (Å²) in [6.07, 6.45) is 0.975. The molecule has 41 heavy (non-hydrogen) atoms. The van der Waals surface area contributed by atoms with Crippen molar-refractivity contribution in [1.29, 1.82) is 0 Å². The summed E-state index contributed by atoms with van der Waals surface area (Å²) in [5.41, 5.74) is 18.0. The number of aryl methyl sites for hydroxylation is 1. The van der Waals surface area contributed by atoms with Crippen LogP contribution in [-0.4, -0.2) is 11.3 Å². The predicted molar refractivity (Wildman–Crippen MR) is 171 cm³/mol. The minimum Gasteiger partial charge on any atom is -0.310 e. The Hall–Kier alpha value is -4.82. The standard InChI is InChI=1S/C39H26BN/c1-24-11-8-19-32-34(24)29-22-21-26-23-25-12-9-17-30-35(25)40-36(26)38(29)41(32)33-20-10-18-31(37(33)40)39(30,27-13-4-2-5-14-27)28-15-6-3-7-16-28/h2-22H,23H2,1H3. The van der Waals surface area contributed by atoms with Crippen molar-refractivity contribution in [2.24, 2.45) is 0 Å². The first-order valence-electron chi connectivity index (χ1n) is 14.7. The van der Waals surface area contributed by atoms with Crippen molar-refractivity contribution < 1.29 is 0 Å². The zero-order chi connectivity index (χ0) is 26.9. The number of hydrogen-bond donors (Lipinski definition) is 0. The summed E-state index contributed by atoms with van der Waals surface area (Å²) in [4.78, 5) is 0. The molecule has 3 aliphatic heterocycles. The zero-order valence-electron chi connectivity index (χ0n) is 22.9. The number of fused-ring (bicyclic) bond motifs is 4. The van der Waals surface area contributed by atoms with Gasteiger partial charge in [-0.3, -0.25) is 0 Å². The summed E-state index contributed by atoms with van der Waals surface area (Å²) in [5.74, 6) is 0. The molecule has 7 aromatic rings. The highest BCUT2D eigenvalue weighted by molar-refractivity contribution is 7.00. The molecule has 1 nitrogen and oxygen atoms in total. The fraction of sp³-hybridized carbons (Fsp3) is 0.0769. The minimum absolute atomic E-state index is 0.234. The van der Waals surface area contributed by atoms with Crippen LogP contribution in [0.4, 0.5) is 0 Å². The number of benzene rings is 6. The van der Waals surface area contributed by atoms with Gasteiger partial charge in [-0.1, -0.05) is 121 Å². The van der Waals surface area contributed by atoms with E-state index in [0.29, 0.717) is 0 Å². The van der Waals surface area contributed by atoms with Gasteiger partial charge in [-0.15, -0.1) is 0 Å². The van der Waals surface area contributed by atoms with Crippen LogP contribution in [0.1, 0.15) is 38.9 Å². The number of nitrogens with zero attached hydrogens (tertiary/aromatic N) is 1. The molecule has 0 unspecified atom stereocenters. The topological polar surface area (TPSA) is 4.93 Å². The zero-order valence-corrected chi connectivity index (χ0v) is 22.9. The molecule has 0 fully saturated rings. The van der Waals surface area contributed by atoms with Crippen LogP contribution in [0.25, 0.3) is 27.5 Å². The maximum absolute atomic E-state index is 2.60. The molecule has 0 saturated heterocycles. The lowest BCUT2D eigenvalue weighted by Gasteiger charge is -2.48. The van der Waals surface area contributed by atoms with E-state index in [1.807, 2.05) is 0 Å². The minimum atomic E-state index is -0.405. The summed E-state index contributed by atoms with van der Waals surface area (Å²) in [5, 5.41) is 2.77. The van der Waals surface area contributed by atoms with Gasteiger partial charge >= 0.3 is 0 Å². The Morgan fingerprint density at radius 2 is 1.24 bits per heavy atom. The Labute approximate surface area is 239 Å². The Kier molecular flexibility index (Phi) is 4.00. The molecule has 0 spiro atoms. The molecule has 1 aromatic heterocycles. The van der Waals surface area contributed by atoms with Gasteiger partial charge in [0, 0.05) is 22.0 Å². The third-order valence-electron chi connectivity index (χ3n) is 10.3. The third-order valence-corrected chi connectivity index (χ3v) is 10.3. The van der Waals surface area contributed by atoms with Gasteiger partial charge in [-0.2, -0.15) is 0 Å². The van der Waals surface area contributed by atoms with E-state index in [1.165, 1.54) is 82.8 Å². The molecule has 0 saturated carbocycles. The molecular formula is C39H26BN. The lowest BCUT2D eigenvalue weighted by atomic mass is 9.27. The Balaban J connectivity index is 1.48. The maximum atomic E-state index is 2.60. The molecular weight excluding hydrogens is 493 g/mol. The quantitative estimate of drug-likeness (QED) is 0.229. The van der Waals surface area contributed by atoms with Crippen LogP contribution in [0.3, 0.4) is 0 Å². The number of aromatic nitrogens is 1. The highest BCUT2D eigenvalue weighted by atomic mass is 15.0. The molecule has 2 heteroatoms. The first kappa shape index (κ1) is 21.9. The van der Waals surface area contributed by atoms with Crippen LogP contribution < -0.4 is 16.4 Å². The fourth-order valence-electron chi connectivity index (χ4n) is 8.89. The molecule has 0 atom stereocenters. The molecule has 3 aliphatic rings. The third kappa shape index (κ3) is 2.43. The van der Waals surface area contributed by atoms with Crippen LogP contribution >= 0.6 is 0 Å². The van der Waals surface area contributed by atoms with Gasteiger partial charge in [0.1, 0.15) is 0 Å². The molecule has 0 N–H and O–H groups in total. The second-order valence-corrected chi connectivity index (χ2v) is 12.0. The molecule has 0 amide bonds. The Bertz CT molecular complexity index is 2200. The largest absolute Gasteiger partial charge is 0.310 e. The monoisotopic (exact) mass is 519 g/mol. The number of rotatable bonds is 2. The van der Waals surface area contributed by atoms with E-state index in [1.54, 1.807) is 0 Å². The van der Waals surface area contributed by atoms with Crippen molar-refractivity contribution >= 4 is 44.9 Å². The van der Waals surface area contributed by atoms with Crippen molar-refractivity contribution in [2.45, 2.75) is 18.8 Å². The summed E-state index contributed by atoms with van der Waals surface area (Å²) in [6.45, 7) is 2.50. The average molecular weight is 519 g/mol. The van der Waals surface area contributed by atoms with Crippen LogP contribution in [0.5, 0.6) is 0 Å². The lowest BCUT2D eigenvalue weighted by Crippen LogP contribution is -2.67. The van der Waals surface area contributed by atoms with Gasteiger partial charge in [0.25, 0.3) is 0 Å². The van der Waals surface area contributed by atoms with Crippen molar-refractivity contribution in [3.8, 4) is 5.69 Å². The van der Waals surface area contributed by atoms with Crippen molar-refractivity contribution in [1.82, 2.24) is 4.57 Å². The summed E-state index contributed by atoms with van der Waals surface area (Å²) < 4.78 is 2.60. The lowest BCUT2D eigenvalue weighted by molar-refractivity contribution is 0.748. The van der Waals surface area contributed by atoms with E-state index < -0.39 is 5.41 Å². The SMILES string of the molecule is Cc1cccc2c1c1ccc3c4c1n2-c1cccc2c1B4c1c(cccc1C2(c1ccccc1)c1ccccc1)C3. The fourth-order valence-corrected chi connectivity index (χ4v) is 8.89.